The van der Waals surface area contributed by atoms with Gasteiger partial charge in [0.05, 0.1) is 26.4 Å². The average Bonchev–Trinajstić information content (AvgIpc) is 1.51. The lowest BCUT2D eigenvalue weighted by Crippen LogP contribution is -2.30. The second-order valence-electron chi connectivity index (χ2n) is 28.5. The molecule has 0 aromatic heterocycles. The largest absolute Gasteiger partial charge is 0.472 e. The molecule has 0 saturated carbocycles. The average molecular weight is 1380 g/mol. The SMILES string of the molecule is CCCCCCCCCCCCCCCCCCCCCCCC(=O)O[C@H](COC(=O)CCCCCCCCCCCCCC(C)C)COP(=O)(O)OC[C@@H](O)COP(=O)(O)OC[C@@H](COC(=O)CCCCCCCCC(C)C)OC(=O)CCCCCCCCCC(C)C. The first-order chi connectivity index (χ1) is 45.2. The van der Waals surface area contributed by atoms with Crippen LogP contribution in [0, 0.1) is 17.8 Å². The van der Waals surface area contributed by atoms with Crippen LogP contribution in [0.25, 0.3) is 0 Å². The fraction of sp³-hybridized carbons (Fsp3) is 0.947. The van der Waals surface area contributed by atoms with Gasteiger partial charge in [0, 0.05) is 25.7 Å². The molecule has 0 radical (unpaired) electrons. The maximum Gasteiger partial charge on any atom is 0.472 e. The molecule has 558 valence electrons. The van der Waals surface area contributed by atoms with Gasteiger partial charge >= 0.3 is 39.5 Å². The number of phosphoric acid groups is 2. The number of phosphoric ester groups is 2. The number of carbonyl (C=O) groups is 4. The highest BCUT2D eigenvalue weighted by Gasteiger charge is 2.30. The minimum Gasteiger partial charge on any atom is -0.462 e. The normalized spacial score (nSPS) is 14.1. The fourth-order valence-electron chi connectivity index (χ4n) is 11.4. The van der Waals surface area contributed by atoms with Crippen molar-refractivity contribution in [3.05, 3.63) is 0 Å². The van der Waals surface area contributed by atoms with Crippen molar-refractivity contribution >= 4 is 39.5 Å². The lowest BCUT2D eigenvalue weighted by molar-refractivity contribution is -0.161. The third kappa shape index (κ3) is 68.6. The Balaban J connectivity index is 5.18. The fourth-order valence-corrected chi connectivity index (χ4v) is 13.0. The highest BCUT2D eigenvalue weighted by molar-refractivity contribution is 7.47. The molecule has 0 amide bonds. The first kappa shape index (κ1) is 92.1. The van der Waals surface area contributed by atoms with Crippen molar-refractivity contribution in [1.29, 1.82) is 0 Å². The summed E-state index contributed by atoms with van der Waals surface area (Å²) in [5.41, 5.74) is 0. The molecule has 0 fully saturated rings. The quantitative estimate of drug-likeness (QED) is 0.0222. The van der Waals surface area contributed by atoms with Gasteiger partial charge in [-0.05, 0) is 43.4 Å². The van der Waals surface area contributed by atoms with E-state index in [0.29, 0.717) is 37.5 Å². The van der Waals surface area contributed by atoms with Crippen LogP contribution in [-0.2, 0) is 65.4 Å². The number of esters is 4. The Morgan fingerprint density at radius 1 is 0.287 bits per heavy atom. The molecule has 17 nitrogen and oxygen atoms in total. The molecule has 0 aliphatic carbocycles. The molecule has 0 aliphatic rings. The Labute approximate surface area is 575 Å². The van der Waals surface area contributed by atoms with Gasteiger partial charge in [-0.1, -0.05) is 331 Å². The summed E-state index contributed by atoms with van der Waals surface area (Å²) in [5.74, 6) is 0.0205. The van der Waals surface area contributed by atoms with Gasteiger partial charge in [-0.15, -0.1) is 0 Å². The Kier molecular flexibility index (Phi) is 64.3. The minimum atomic E-state index is -4.96. The zero-order valence-corrected chi connectivity index (χ0v) is 63.2. The number of aliphatic hydroxyl groups excluding tert-OH is 1. The van der Waals surface area contributed by atoms with Gasteiger partial charge in [-0.2, -0.15) is 0 Å². The first-order valence-corrected chi connectivity index (χ1v) is 41.8. The smallest absolute Gasteiger partial charge is 0.462 e. The number of aliphatic hydroxyl groups is 1. The number of carbonyl (C=O) groups excluding carboxylic acids is 4. The highest BCUT2D eigenvalue weighted by atomic mass is 31.2. The van der Waals surface area contributed by atoms with Crippen molar-refractivity contribution in [3.8, 4) is 0 Å². The summed E-state index contributed by atoms with van der Waals surface area (Å²) in [6, 6.07) is 0. The first-order valence-electron chi connectivity index (χ1n) is 38.8. The van der Waals surface area contributed by atoms with E-state index in [1.54, 1.807) is 0 Å². The topological polar surface area (TPSA) is 237 Å². The zero-order chi connectivity index (χ0) is 69.4. The second kappa shape index (κ2) is 65.7. The lowest BCUT2D eigenvalue weighted by atomic mass is 10.0. The van der Waals surface area contributed by atoms with E-state index in [1.807, 2.05) is 0 Å². The van der Waals surface area contributed by atoms with Crippen LogP contribution in [0.3, 0.4) is 0 Å². The summed E-state index contributed by atoms with van der Waals surface area (Å²) in [7, 11) is -9.91. The van der Waals surface area contributed by atoms with Gasteiger partial charge in [-0.3, -0.25) is 37.3 Å². The van der Waals surface area contributed by atoms with Gasteiger partial charge in [0.25, 0.3) is 0 Å². The molecule has 3 N–H and O–H groups in total. The van der Waals surface area contributed by atoms with Crippen molar-refractivity contribution in [2.24, 2.45) is 17.8 Å². The molecular weight excluding hydrogens is 1230 g/mol. The Morgan fingerprint density at radius 3 is 0.723 bits per heavy atom. The summed E-state index contributed by atoms with van der Waals surface area (Å²) >= 11 is 0. The van der Waals surface area contributed by atoms with Crippen molar-refractivity contribution < 1.29 is 80.2 Å². The molecule has 0 aromatic carbocycles. The van der Waals surface area contributed by atoms with Crippen molar-refractivity contribution in [2.45, 2.75) is 401 Å². The number of ether oxygens (including phenoxy) is 4. The van der Waals surface area contributed by atoms with E-state index < -0.39 is 97.5 Å². The predicted molar refractivity (Wildman–Crippen MR) is 381 cm³/mol. The van der Waals surface area contributed by atoms with Crippen LogP contribution in [0.5, 0.6) is 0 Å². The van der Waals surface area contributed by atoms with Crippen molar-refractivity contribution in [2.75, 3.05) is 39.6 Å². The molecule has 94 heavy (non-hydrogen) atoms. The van der Waals surface area contributed by atoms with E-state index in [-0.39, 0.29) is 25.7 Å². The summed E-state index contributed by atoms with van der Waals surface area (Å²) < 4.78 is 68.4. The van der Waals surface area contributed by atoms with Gasteiger partial charge in [0.1, 0.15) is 19.3 Å². The third-order valence-electron chi connectivity index (χ3n) is 17.4. The Bertz CT molecular complexity index is 1840. The molecule has 0 aliphatic heterocycles. The van der Waals surface area contributed by atoms with Crippen molar-refractivity contribution in [1.82, 2.24) is 0 Å². The maximum atomic E-state index is 13.1. The molecule has 0 spiro atoms. The molecule has 0 rings (SSSR count). The van der Waals surface area contributed by atoms with Crippen LogP contribution in [0.15, 0.2) is 0 Å². The number of hydrogen-bond donors (Lipinski definition) is 3. The van der Waals surface area contributed by atoms with Gasteiger partial charge < -0.3 is 33.8 Å². The summed E-state index contributed by atoms with van der Waals surface area (Å²) in [6.45, 7) is 11.7. The Hall–Kier alpha value is -1.94. The minimum absolute atomic E-state index is 0.102. The second-order valence-corrected chi connectivity index (χ2v) is 31.4. The van der Waals surface area contributed by atoms with Crippen LogP contribution in [0.2, 0.25) is 0 Å². The monoisotopic (exact) mass is 1380 g/mol. The molecule has 0 saturated heterocycles. The maximum absolute atomic E-state index is 13.1. The van der Waals surface area contributed by atoms with E-state index in [2.05, 4.69) is 48.5 Å². The molecule has 2 unspecified atom stereocenters. The number of hydrogen-bond acceptors (Lipinski definition) is 15. The van der Waals surface area contributed by atoms with E-state index in [9.17, 15) is 43.2 Å². The number of unbranched alkanes of at least 4 members (excludes halogenated alkanes) is 41. The molecule has 0 aromatic rings. The molecule has 0 heterocycles. The van der Waals surface area contributed by atoms with E-state index >= 15 is 0 Å². The van der Waals surface area contributed by atoms with Gasteiger partial charge in [-0.25, -0.2) is 9.13 Å². The van der Waals surface area contributed by atoms with E-state index in [1.165, 1.54) is 186 Å². The highest BCUT2D eigenvalue weighted by Crippen LogP contribution is 2.45. The molecule has 5 atom stereocenters. The molecule has 19 heteroatoms. The van der Waals surface area contributed by atoms with E-state index in [0.717, 1.165) is 102 Å². The molecular formula is C75H146O17P2. The molecule has 0 bridgehead atoms. The van der Waals surface area contributed by atoms with Crippen molar-refractivity contribution in [3.63, 3.8) is 0 Å². The van der Waals surface area contributed by atoms with Crippen LogP contribution >= 0.6 is 15.6 Å². The summed E-state index contributed by atoms with van der Waals surface area (Å²) in [4.78, 5) is 72.6. The third-order valence-corrected chi connectivity index (χ3v) is 19.3. The van der Waals surface area contributed by atoms with Gasteiger partial charge in [0.2, 0.25) is 0 Å². The summed E-state index contributed by atoms with van der Waals surface area (Å²) in [5, 5.41) is 10.6. The zero-order valence-electron chi connectivity index (χ0n) is 61.4. The standard InChI is InChI=1S/C75H146O17P2/c1-8-9-10-11-12-13-14-15-16-17-18-19-20-21-22-23-26-30-35-44-51-58-74(79)91-70(62-85-72(77)56-49-42-34-29-27-24-25-28-32-39-46-53-66(2)3)64-89-93(81,82)87-60-69(76)61-88-94(83,84)90-65-71(63-86-73(78)57-50-43-38-37-41-48-55-68(6)7)92-75(80)59-52-45-36-31-33-40-47-54-67(4)5/h66-71,76H,8-65H2,1-7H3,(H,81,82)(H,83,84)/t69-,70-,71-/m1/s1. The lowest BCUT2D eigenvalue weighted by Gasteiger charge is -2.21. The Morgan fingerprint density at radius 2 is 0.489 bits per heavy atom. The van der Waals surface area contributed by atoms with Gasteiger partial charge in [0.15, 0.2) is 12.2 Å². The predicted octanol–water partition coefficient (Wildman–Crippen LogP) is 21.8. The van der Waals surface area contributed by atoms with Crippen LogP contribution in [0.4, 0.5) is 0 Å². The number of rotatable bonds is 73. The van der Waals surface area contributed by atoms with Crippen LogP contribution in [0.1, 0.15) is 382 Å². The summed E-state index contributed by atoms with van der Waals surface area (Å²) in [6.07, 6.45) is 51.8. The van der Waals surface area contributed by atoms with Crippen LogP contribution in [-0.4, -0.2) is 96.7 Å². The van der Waals surface area contributed by atoms with E-state index in [4.69, 9.17) is 37.0 Å². The van der Waals surface area contributed by atoms with Crippen LogP contribution < -0.4 is 0 Å².